The largest absolute Gasteiger partial charge is 0.497 e. The molecule has 0 aromatic carbocycles. The average Bonchev–Trinajstić information content (AvgIpc) is 2.53. The highest BCUT2D eigenvalue weighted by molar-refractivity contribution is 4.87. The lowest BCUT2D eigenvalue weighted by molar-refractivity contribution is 0.0340. The fraction of sp³-hybridized carbons (Fsp3) is 0.895. The molecule has 130 valence electrons. The van der Waals surface area contributed by atoms with Crippen molar-refractivity contribution >= 4 is 0 Å². The summed E-state index contributed by atoms with van der Waals surface area (Å²) < 4.78 is 11.1. The summed E-state index contributed by atoms with van der Waals surface area (Å²) >= 11 is 0. The maximum absolute atomic E-state index is 5.74. The lowest BCUT2D eigenvalue weighted by atomic mass is 10.1. The Morgan fingerprint density at radius 1 is 0.909 bits per heavy atom. The number of ether oxygens (including phenoxy) is 2. The number of morpholine rings is 1. The van der Waals surface area contributed by atoms with Gasteiger partial charge in [0.1, 0.15) is 5.76 Å². The monoisotopic (exact) mass is 311 g/mol. The van der Waals surface area contributed by atoms with Gasteiger partial charge in [-0.2, -0.15) is 0 Å². The zero-order chi connectivity index (χ0) is 15.9. The molecule has 0 spiro atoms. The van der Waals surface area contributed by atoms with Crippen LogP contribution in [0.4, 0.5) is 0 Å². The van der Waals surface area contributed by atoms with Crippen molar-refractivity contribution in [2.24, 2.45) is 0 Å². The van der Waals surface area contributed by atoms with Crippen molar-refractivity contribution in [3.05, 3.63) is 12.3 Å². The van der Waals surface area contributed by atoms with Gasteiger partial charge in [-0.05, 0) is 6.42 Å². The van der Waals surface area contributed by atoms with Crippen molar-refractivity contribution in [2.75, 3.05) is 39.5 Å². The van der Waals surface area contributed by atoms with Gasteiger partial charge in [-0.3, -0.25) is 4.90 Å². The molecule has 1 aliphatic heterocycles. The number of rotatable bonds is 14. The first-order valence-electron chi connectivity index (χ1n) is 9.43. The Kier molecular flexibility index (Phi) is 12.5. The minimum absolute atomic E-state index is 0.833. The van der Waals surface area contributed by atoms with Gasteiger partial charge in [0.15, 0.2) is 0 Å². The summed E-state index contributed by atoms with van der Waals surface area (Å²) in [5.74, 6) is 0.915. The normalized spacial score (nSPS) is 15.9. The summed E-state index contributed by atoms with van der Waals surface area (Å²) in [6, 6.07) is 0. The molecule has 0 saturated carbocycles. The third kappa shape index (κ3) is 11.1. The van der Waals surface area contributed by atoms with Crippen molar-refractivity contribution in [3.8, 4) is 0 Å². The van der Waals surface area contributed by atoms with Crippen LogP contribution in [0.3, 0.4) is 0 Å². The van der Waals surface area contributed by atoms with Gasteiger partial charge in [0.25, 0.3) is 0 Å². The summed E-state index contributed by atoms with van der Waals surface area (Å²) in [5, 5.41) is 0. The molecular formula is C19H37NO2. The first-order valence-corrected chi connectivity index (χ1v) is 9.43. The summed E-state index contributed by atoms with van der Waals surface area (Å²) in [7, 11) is 0. The molecule has 0 unspecified atom stereocenters. The van der Waals surface area contributed by atoms with Crippen LogP contribution in [-0.4, -0.2) is 44.4 Å². The smallest absolute Gasteiger partial charge is 0.103 e. The fourth-order valence-corrected chi connectivity index (χ4v) is 2.86. The maximum Gasteiger partial charge on any atom is 0.103 e. The van der Waals surface area contributed by atoms with Crippen LogP contribution >= 0.6 is 0 Å². The summed E-state index contributed by atoms with van der Waals surface area (Å²) in [5.41, 5.74) is 0. The van der Waals surface area contributed by atoms with Crippen LogP contribution in [0, 0.1) is 0 Å². The molecular weight excluding hydrogens is 274 g/mol. The topological polar surface area (TPSA) is 21.7 Å². The molecule has 0 radical (unpaired) electrons. The van der Waals surface area contributed by atoms with E-state index < -0.39 is 0 Å². The minimum atomic E-state index is 0.833. The van der Waals surface area contributed by atoms with Crippen LogP contribution in [0.5, 0.6) is 0 Å². The van der Waals surface area contributed by atoms with E-state index in [0.717, 1.165) is 51.6 Å². The Morgan fingerprint density at radius 2 is 1.45 bits per heavy atom. The van der Waals surface area contributed by atoms with Crippen molar-refractivity contribution < 1.29 is 9.47 Å². The molecule has 0 bridgehead atoms. The molecule has 1 saturated heterocycles. The third-order valence-electron chi connectivity index (χ3n) is 4.31. The second kappa shape index (κ2) is 14.1. The van der Waals surface area contributed by atoms with Gasteiger partial charge in [0.05, 0.1) is 26.4 Å². The van der Waals surface area contributed by atoms with E-state index in [1.165, 1.54) is 57.8 Å². The zero-order valence-corrected chi connectivity index (χ0v) is 14.8. The molecule has 0 amide bonds. The standard InChI is InChI=1S/C19H37NO2/c1-3-4-5-6-7-8-9-10-11-12-15-22-19(2)18-20-13-16-21-17-14-20/h2-18H2,1H3. The van der Waals surface area contributed by atoms with E-state index in [9.17, 15) is 0 Å². The van der Waals surface area contributed by atoms with E-state index in [2.05, 4.69) is 18.4 Å². The summed E-state index contributed by atoms with van der Waals surface area (Å²) in [6.45, 7) is 11.7. The average molecular weight is 312 g/mol. The van der Waals surface area contributed by atoms with Gasteiger partial charge in [-0.15, -0.1) is 0 Å². The molecule has 1 aliphatic rings. The van der Waals surface area contributed by atoms with E-state index in [-0.39, 0.29) is 0 Å². The molecule has 0 N–H and O–H groups in total. The lowest BCUT2D eigenvalue weighted by Gasteiger charge is -2.27. The van der Waals surface area contributed by atoms with Crippen molar-refractivity contribution in [2.45, 2.75) is 71.1 Å². The SMILES string of the molecule is C=C(CN1CCOCC1)OCCCCCCCCCCCC. The number of unbranched alkanes of at least 4 members (excludes halogenated alkanes) is 9. The molecule has 0 aromatic rings. The molecule has 0 aromatic heterocycles. The first kappa shape index (κ1) is 19.5. The third-order valence-corrected chi connectivity index (χ3v) is 4.31. The molecule has 3 heteroatoms. The quantitative estimate of drug-likeness (QED) is 0.341. The summed E-state index contributed by atoms with van der Waals surface area (Å²) in [6.07, 6.45) is 13.6. The Morgan fingerprint density at radius 3 is 2.05 bits per heavy atom. The van der Waals surface area contributed by atoms with E-state index in [0.29, 0.717) is 0 Å². The Bertz CT molecular complexity index is 262. The molecule has 3 nitrogen and oxygen atoms in total. The van der Waals surface area contributed by atoms with Crippen LogP contribution in [0.1, 0.15) is 71.1 Å². The Labute approximate surface area is 138 Å². The zero-order valence-electron chi connectivity index (χ0n) is 14.8. The van der Waals surface area contributed by atoms with Crippen LogP contribution in [0.25, 0.3) is 0 Å². The van der Waals surface area contributed by atoms with Crippen molar-refractivity contribution in [3.63, 3.8) is 0 Å². The maximum atomic E-state index is 5.74. The highest BCUT2D eigenvalue weighted by atomic mass is 16.5. The number of hydrogen-bond acceptors (Lipinski definition) is 3. The lowest BCUT2D eigenvalue weighted by Crippen LogP contribution is -2.37. The molecule has 0 atom stereocenters. The van der Waals surface area contributed by atoms with Crippen molar-refractivity contribution in [1.29, 1.82) is 0 Å². The van der Waals surface area contributed by atoms with Gasteiger partial charge in [0.2, 0.25) is 0 Å². The van der Waals surface area contributed by atoms with Crippen LogP contribution in [-0.2, 0) is 9.47 Å². The van der Waals surface area contributed by atoms with E-state index in [4.69, 9.17) is 9.47 Å². The van der Waals surface area contributed by atoms with Gasteiger partial charge >= 0.3 is 0 Å². The Hall–Kier alpha value is -0.540. The van der Waals surface area contributed by atoms with E-state index in [1.54, 1.807) is 0 Å². The second-order valence-electron chi connectivity index (χ2n) is 6.46. The molecule has 1 rings (SSSR count). The minimum Gasteiger partial charge on any atom is -0.497 e. The second-order valence-corrected chi connectivity index (χ2v) is 6.46. The Balaban J connectivity index is 1.79. The van der Waals surface area contributed by atoms with Gasteiger partial charge < -0.3 is 9.47 Å². The molecule has 0 aliphatic carbocycles. The van der Waals surface area contributed by atoms with E-state index >= 15 is 0 Å². The molecule has 1 fully saturated rings. The molecule has 22 heavy (non-hydrogen) atoms. The van der Waals surface area contributed by atoms with Gasteiger partial charge in [-0.1, -0.05) is 71.3 Å². The fourth-order valence-electron chi connectivity index (χ4n) is 2.86. The van der Waals surface area contributed by atoms with Crippen LogP contribution < -0.4 is 0 Å². The predicted octanol–water partition coefficient (Wildman–Crippen LogP) is 4.77. The van der Waals surface area contributed by atoms with Gasteiger partial charge in [0, 0.05) is 13.1 Å². The summed E-state index contributed by atoms with van der Waals surface area (Å²) in [4.78, 5) is 2.35. The predicted molar refractivity (Wildman–Crippen MR) is 94.2 cm³/mol. The van der Waals surface area contributed by atoms with Crippen molar-refractivity contribution in [1.82, 2.24) is 4.90 Å². The molecule has 1 heterocycles. The highest BCUT2D eigenvalue weighted by Crippen LogP contribution is 2.11. The number of nitrogens with zero attached hydrogens (tertiary/aromatic N) is 1. The van der Waals surface area contributed by atoms with Gasteiger partial charge in [-0.25, -0.2) is 0 Å². The van der Waals surface area contributed by atoms with Crippen LogP contribution in [0.15, 0.2) is 12.3 Å². The van der Waals surface area contributed by atoms with E-state index in [1.807, 2.05) is 0 Å². The highest BCUT2D eigenvalue weighted by Gasteiger charge is 2.11. The number of hydrogen-bond donors (Lipinski definition) is 0. The first-order chi connectivity index (χ1) is 10.8. The van der Waals surface area contributed by atoms with Crippen LogP contribution in [0.2, 0.25) is 0 Å².